The number of aromatic nitrogens is 2. The lowest BCUT2D eigenvalue weighted by molar-refractivity contribution is 0.373. The van der Waals surface area contributed by atoms with Gasteiger partial charge in [0.1, 0.15) is 0 Å². The van der Waals surface area contributed by atoms with Gasteiger partial charge in [0.25, 0.3) is 0 Å². The van der Waals surface area contributed by atoms with Gasteiger partial charge >= 0.3 is 0 Å². The van der Waals surface area contributed by atoms with Crippen molar-refractivity contribution in [3.63, 3.8) is 0 Å². The molecule has 1 fully saturated rings. The van der Waals surface area contributed by atoms with Crippen molar-refractivity contribution in [1.29, 1.82) is 0 Å². The van der Waals surface area contributed by atoms with E-state index < -0.39 is 0 Å². The Morgan fingerprint density at radius 3 is 2.60 bits per heavy atom. The molecule has 0 unspecified atom stereocenters. The van der Waals surface area contributed by atoms with Crippen molar-refractivity contribution in [3.05, 3.63) is 48.3 Å². The molecule has 1 aromatic heterocycles. The van der Waals surface area contributed by atoms with E-state index in [1.54, 1.807) is 0 Å². The smallest absolute Gasteiger partial charge is 0.0659 e. The van der Waals surface area contributed by atoms with Crippen LogP contribution in [0.1, 0.15) is 37.7 Å². The highest BCUT2D eigenvalue weighted by atomic mass is 15.3. The second kappa shape index (κ2) is 6.60. The van der Waals surface area contributed by atoms with Gasteiger partial charge in [-0.1, -0.05) is 31.4 Å². The van der Waals surface area contributed by atoms with E-state index in [4.69, 9.17) is 0 Å². The number of nitrogens with zero attached hydrogens (tertiary/aromatic N) is 2. The summed E-state index contributed by atoms with van der Waals surface area (Å²) in [5, 5.41) is 7.81. The fourth-order valence-corrected chi connectivity index (χ4v) is 2.96. The molecule has 1 aliphatic rings. The van der Waals surface area contributed by atoms with Gasteiger partial charge < -0.3 is 5.32 Å². The first-order valence-electron chi connectivity index (χ1n) is 7.70. The molecule has 106 valence electrons. The van der Waals surface area contributed by atoms with Crippen LogP contribution in [-0.2, 0) is 6.54 Å². The number of nitrogens with one attached hydrogen (secondary N) is 1. The predicted octanol–water partition coefficient (Wildman–Crippen LogP) is 3.92. The van der Waals surface area contributed by atoms with E-state index in [9.17, 15) is 0 Å². The lowest BCUT2D eigenvalue weighted by atomic mass is 9.89. The third kappa shape index (κ3) is 3.62. The zero-order valence-electron chi connectivity index (χ0n) is 12.0. The van der Waals surface area contributed by atoms with E-state index in [2.05, 4.69) is 34.7 Å². The predicted molar refractivity (Wildman–Crippen MR) is 82.8 cm³/mol. The summed E-state index contributed by atoms with van der Waals surface area (Å²) in [5.74, 6) is 0.868. The van der Waals surface area contributed by atoms with Crippen LogP contribution in [0.15, 0.2) is 42.7 Å². The van der Waals surface area contributed by atoms with E-state index in [-0.39, 0.29) is 0 Å². The Labute approximate surface area is 121 Å². The van der Waals surface area contributed by atoms with Crippen molar-refractivity contribution < 1.29 is 0 Å². The summed E-state index contributed by atoms with van der Waals surface area (Å²) in [7, 11) is 0. The summed E-state index contributed by atoms with van der Waals surface area (Å²) in [5.41, 5.74) is 2.52. The lowest BCUT2D eigenvalue weighted by Gasteiger charge is -2.22. The van der Waals surface area contributed by atoms with Crippen molar-refractivity contribution in [3.8, 4) is 0 Å². The first-order valence-corrected chi connectivity index (χ1v) is 7.70. The Morgan fingerprint density at radius 1 is 1.10 bits per heavy atom. The van der Waals surface area contributed by atoms with Gasteiger partial charge in [0.15, 0.2) is 0 Å². The Bertz CT molecular complexity index is 496. The van der Waals surface area contributed by atoms with Gasteiger partial charge in [-0.25, -0.2) is 0 Å². The summed E-state index contributed by atoms with van der Waals surface area (Å²) in [6.45, 7) is 1.97. The molecule has 0 bridgehead atoms. The molecule has 0 atom stereocenters. The molecule has 3 heteroatoms. The second-order valence-electron chi connectivity index (χ2n) is 5.79. The quantitative estimate of drug-likeness (QED) is 0.891. The molecule has 0 spiro atoms. The van der Waals surface area contributed by atoms with Crippen molar-refractivity contribution in [2.75, 3.05) is 11.9 Å². The zero-order chi connectivity index (χ0) is 13.6. The van der Waals surface area contributed by atoms with E-state index in [0.29, 0.717) is 0 Å². The number of rotatable bonds is 5. The number of hydrogen-bond donors (Lipinski definition) is 1. The lowest BCUT2D eigenvalue weighted by Crippen LogP contribution is -2.17. The van der Waals surface area contributed by atoms with Crippen LogP contribution in [0.25, 0.3) is 0 Å². The topological polar surface area (TPSA) is 29.9 Å². The molecule has 0 aliphatic heterocycles. The van der Waals surface area contributed by atoms with Gasteiger partial charge in [-0.15, -0.1) is 0 Å². The fourth-order valence-electron chi connectivity index (χ4n) is 2.96. The summed E-state index contributed by atoms with van der Waals surface area (Å²) in [6, 6.07) is 10.7. The molecule has 3 rings (SSSR count). The van der Waals surface area contributed by atoms with Crippen LogP contribution in [-0.4, -0.2) is 16.3 Å². The third-order valence-electron chi connectivity index (χ3n) is 4.18. The largest absolute Gasteiger partial charge is 0.385 e. The highest BCUT2D eigenvalue weighted by Gasteiger charge is 2.12. The van der Waals surface area contributed by atoms with Gasteiger partial charge in [0, 0.05) is 24.6 Å². The molecule has 2 aromatic rings. The average Bonchev–Trinajstić information content (AvgIpc) is 3.01. The van der Waals surface area contributed by atoms with Crippen molar-refractivity contribution in [1.82, 2.24) is 9.78 Å². The molecule has 1 saturated carbocycles. The van der Waals surface area contributed by atoms with Gasteiger partial charge in [-0.3, -0.25) is 4.68 Å². The molecular formula is C17H23N3. The SMILES string of the molecule is c1cnn(Cc2ccc(NCC3CCCCC3)cc2)c1. The third-order valence-corrected chi connectivity index (χ3v) is 4.18. The monoisotopic (exact) mass is 269 g/mol. The van der Waals surface area contributed by atoms with Crippen LogP contribution in [0.5, 0.6) is 0 Å². The average molecular weight is 269 g/mol. The molecule has 3 nitrogen and oxygen atoms in total. The van der Waals surface area contributed by atoms with Crippen LogP contribution in [0.4, 0.5) is 5.69 Å². The van der Waals surface area contributed by atoms with Crippen LogP contribution in [0, 0.1) is 5.92 Å². The minimum atomic E-state index is 0.843. The van der Waals surface area contributed by atoms with Crippen LogP contribution in [0.2, 0.25) is 0 Å². The minimum absolute atomic E-state index is 0.843. The van der Waals surface area contributed by atoms with Crippen molar-refractivity contribution in [2.24, 2.45) is 5.92 Å². The van der Waals surface area contributed by atoms with Gasteiger partial charge in [0.2, 0.25) is 0 Å². The van der Waals surface area contributed by atoms with Gasteiger partial charge in [-0.2, -0.15) is 5.10 Å². The molecule has 1 aromatic carbocycles. The van der Waals surface area contributed by atoms with E-state index in [1.165, 1.54) is 43.4 Å². The minimum Gasteiger partial charge on any atom is -0.385 e. The van der Waals surface area contributed by atoms with Crippen LogP contribution in [0.3, 0.4) is 0 Å². The maximum Gasteiger partial charge on any atom is 0.0659 e. The number of benzene rings is 1. The normalized spacial score (nSPS) is 16.2. The van der Waals surface area contributed by atoms with Gasteiger partial charge in [-0.05, 0) is 42.5 Å². The first-order chi connectivity index (χ1) is 9.90. The van der Waals surface area contributed by atoms with Crippen molar-refractivity contribution >= 4 is 5.69 Å². The zero-order valence-corrected chi connectivity index (χ0v) is 12.0. The van der Waals surface area contributed by atoms with Crippen LogP contribution >= 0.6 is 0 Å². The number of anilines is 1. The Balaban J connectivity index is 1.50. The van der Waals surface area contributed by atoms with Gasteiger partial charge in [0.05, 0.1) is 6.54 Å². The molecule has 1 heterocycles. The Hall–Kier alpha value is -1.77. The first kappa shape index (κ1) is 13.2. The van der Waals surface area contributed by atoms with E-state index >= 15 is 0 Å². The molecular weight excluding hydrogens is 246 g/mol. The molecule has 1 N–H and O–H groups in total. The number of hydrogen-bond acceptors (Lipinski definition) is 2. The highest BCUT2D eigenvalue weighted by molar-refractivity contribution is 5.44. The van der Waals surface area contributed by atoms with E-state index in [0.717, 1.165) is 19.0 Å². The highest BCUT2D eigenvalue weighted by Crippen LogP contribution is 2.24. The summed E-state index contributed by atoms with van der Waals surface area (Å²) >= 11 is 0. The summed E-state index contributed by atoms with van der Waals surface area (Å²) in [4.78, 5) is 0. The summed E-state index contributed by atoms with van der Waals surface area (Å²) in [6.07, 6.45) is 10.9. The fraction of sp³-hybridized carbons (Fsp3) is 0.471. The summed E-state index contributed by atoms with van der Waals surface area (Å²) < 4.78 is 1.95. The Kier molecular flexibility index (Phi) is 4.36. The maximum absolute atomic E-state index is 4.23. The molecule has 1 aliphatic carbocycles. The van der Waals surface area contributed by atoms with Crippen molar-refractivity contribution in [2.45, 2.75) is 38.6 Å². The Morgan fingerprint density at radius 2 is 1.90 bits per heavy atom. The van der Waals surface area contributed by atoms with Crippen LogP contribution < -0.4 is 5.32 Å². The molecule has 0 amide bonds. The maximum atomic E-state index is 4.23. The molecule has 0 saturated heterocycles. The van der Waals surface area contributed by atoms with E-state index in [1.807, 2.05) is 23.1 Å². The molecule has 0 radical (unpaired) electrons. The standard InChI is InChI=1S/C17H23N3/c1-2-5-15(6-3-1)13-18-17-9-7-16(8-10-17)14-20-12-4-11-19-20/h4,7-12,15,18H,1-3,5-6,13-14H2. The molecule has 20 heavy (non-hydrogen) atoms. The second-order valence-corrected chi connectivity index (χ2v) is 5.79.